The molecule has 1 aromatic carbocycles. The molecule has 5 nitrogen and oxygen atoms in total. The van der Waals surface area contributed by atoms with Gasteiger partial charge >= 0.3 is 0 Å². The van der Waals surface area contributed by atoms with Gasteiger partial charge in [0.05, 0.1) is 11.2 Å². The first kappa shape index (κ1) is 16.2. The van der Waals surface area contributed by atoms with Crippen molar-refractivity contribution in [1.29, 1.82) is 0 Å². The zero-order valence-corrected chi connectivity index (χ0v) is 13.2. The van der Waals surface area contributed by atoms with Crippen LogP contribution in [0.25, 0.3) is 0 Å². The summed E-state index contributed by atoms with van der Waals surface area (Å²) in [6, 6.07) is 8.71. The number of aryl methyl sites for hydroxylation is 1. The van der Waals surface area contributed by atoms with E-state index in [0.717, 1.165) is 5.56 Å². The van der Waals surface area contributed by atoms with Gasteiger partial charge in [-0.1, -0.05) is 24.3 Å². The lowest BCUT2D eigenvalue weighted by molar-refractivity contribution is -0.113. The number of hydrogen-bond donors (Lipinski definition) is 1. The van der Waals surface area contributed by atoms with Crippen LogP contribution in [0.5, 0.6) is 0 Å². The Morgan fingerprint density at radius 3 is 2.36 bits per heavy atom. The van der Waals surface area contributed by atoms with Crippen molar-refractivity contribution in [3.63, 3.8) is 0 Å². The van der Waals surface area contributed by atoms with Crippen molar-refractivity contribution in [2.24, 2.45) is 0 Å². The van der Waals surface area contributed by atoms with Gasteiger partial charge in [-0.25, -0.2) is 8.42 Å². The number of carbonyl (C=O) groups is 1. The summed E-state index contributed by atoms with van der Waals surface area (Å²) in [6.07, 6.45) is 1.41. The van der Waals surface area contributed by atoms with Crippen molar-refractivity contribution in [3.8, 4) is 0 Å². The second-order valence-electron chi connectivity index (χ2n) is 4.96. The van der Waals surface area contributed by atoms with Crippen LogP contribution < -0.4 is 4.72 Å². The summed E-state index contributed by atoms with van der Waals surface area (Å²) < 4.78 is 32.6. The largest absolute Gasteiger partial charge is 0.467 e. The highest BCUT2D eigenvalue weighted by atomic mass is 32.2. The van der Waals surface area contributed by atoms with Gasteiger partial charge in [0.2, 0.25) is 10.0 Å². The third-order valence-corrected chi connectivity index (χ3v) is 4.67. The van der Waals surface area contributed by atoms with Gasteiger partial charge in [0, 0.05) is 5.57 Å². The molecule has 0 spiro atoms. The minimum absolute atomic E-state index is 0.116. The minimum atomic E-state index is -3.80. The van der Waals surface area contributed by atoms with Gasteiger partial charge in [-0.3, -0.25) is 4.79 Å². The second kappa shape index (κ2) is 6.29. The fraction of sp³-hybridized carbons (Fsp3) is 0.188. The Kier molecular flexibility index (Phi) is 4.63. The molecule has 0 saturated heterocycles. The maximum Gasteiger partial charge on any atom is 0.241 e. The van der Waals surface area contributed by atoms with Gasteiger partial charge in [0.25, 0.3) is 0 Å². The molecular weight excluding hydrogens is 302 g/mol. The molecule has 6 heteroatoms. The Hall–Kier alpha value is -2.18. The van der Waals surface area contributed by atoms with E-state index in [1.54, 1.807) is 24.3 Å². The normalized spacial score (nSPS) is 12.8. The van der Waals surface area contributed by atoms with Crippen LogP contribution in [0.2, 0.25) is 0 Å². The highest BCUT2D eigenvalue weighted by molar-refractivity contribution is 7.89. The van der Waals surface area contributed by atoms with Gasteiger partial charge in [-0.15, -0.1) is 0 Å². The van der Waals surface area contributed by atoms with Crippen LogP contribution in [0.1, 0.15) is 24.3 Å². The van der Waals surface area contributed by atoms with Gasteiger partial charge in [0.1, 0.15) is 11.8 Å². The number of furan rings is 1. The third-order valence-electron chi connectivity index (χ3n) is 3.23. The number of rotatable bonds is 6. The molecule has 2 aromatic rings. The van der Waals surface area contributed by atoms with Crippen molar-refractivity contribution in [1.82, 2.24) is 4.72 Å². The van der Waals surface area contributed by atoms with Crippen LogP contribution in [0.3, 0.4) is 0 Å². The minimum Gasteiger partial charge on any atom is -0.467 e. The predicted octanol–water partition coefficient (Wildman–Crippen LogP) is 2.75. The monoisotopic (exact) mass is 319 g/mol. The SMILES string of the molecule is C=C(C(C)=O)[C@@H](NS(=O)(=O)c1ccc(C)cc1)c1ccco1. The van der Waals surface area contributed by atoms with E-state index < -0.39 is 16.1 Å². The Labute approximate surface area is 129 Å². The Balaban J connectivity index is 2.36. The molecule has 22 heavy (non-hydrogen) atoms. The third kappa shape index (κ3) is 3.52. The molecule has 0 unspecified atom stereocenters. The molecule has 1 heterocycles. The van der Waals surface area contributed by atoms with E-state index in [9.17, 15) is 13.2 Å². The average Bonchev–Trinajstić information content (AvgIpc) is 2.98. The number of carbonyl (C=O) groups excluding carboxylic acids is 1. The molecule has 0 amide bonds. The number of benzene rings is 1. The zero-order chi connectivity index (χ0) is 16.3. The van der Waals surface area contributed by atoms with Crippen LogP contribution in [-0.4, -0.2) is 14.2 Å². The van der Waals surface area contributed by atoms with E-state index in [0.29, 0.717) is 5.76 Å². The molecule has 0 aliphatic rings. The fourth-order valence-electron chi connectivity index (χ4n) is 1.90. The van der Waals surface area contributed by atoms with Crippen molar-refractivity contribution in [2.45, 2.75) is 24.8 Å². The molecule has 0 aliphatic heterocycles. The molecule has 1 aromatic heterocycles. The molecule has 0 aliphatic carbocycles. The quantitative estimate of drug-likeness (QED) is 0.831. The van der Waals surface area contributed by atoms with Crippen LogP contribution in [0.15, 0.2) is 64.1 Å². The molecule has 1 atom stereocenters. The first-order chi connectivity index (χ1) is 10.3. The van der Waals surface area contributed by atoms with Crippen molar-refractivity contribution < 1.29 is 17.6 Å². The molecule has 0 fully saturated rings. The summed E-state index contributed by atoms with van der Waals surface area (Å²) in [4.78, 5) is 11.7. The zero-order valence-electron chi connectivity index (χ0n) is 12.4. The average molecular weight is 319 g/mol. The summed E-state index contributed by atoms with van der Waals surface area (Å²) in [5.74, 6) is 0.00360. The molecule has 116 valence electrons. The molecule has 0 radical (unpaired) electrons. The lowest BCUT2D eigenvalue weighted by Gasteiger charge is -2.17. The number of hydrogen-bond acceptors (Lipinski definition) is 4. The van der Waals surface area contributed by atoms with E-state index in [1.807, 2.05) is 6.92 Å². The molecule has 0 saturated carbocycles. The van der Waals surface area contributed by atoms with Gasteiger partial charge in [-0.2, -0.15) is 4.72 Å². The Morgan fingerprint density at radius 1 is 1.23 bits per heavy atom. The first-order valence-electron chi connectivity index (χ1n) is 6.63. The molecule has 2 rings (SSSR count). The standard InChI is InChI=1S/C16H17NO4S/c1-11-6-8-14(9-7-11)22(19,20)17-16(12(2)13(3)18)15-5-4-10-21-15/h4-10,16-17H,2H2,1,3H3/t16-/m1/s1. The van der Waals surface area contributed by atoms with Gasteiger partial charge < -0.3 is 4.42 Å². The van der Waals surface area contributed by atoms with E-state index in [1.165, 1.54) is 25.3 Å². The maximum atomic E-state index is 12.5. The highest BCUT2D eigenvalue weighted by Crippen LogP contribution is 2.24. The van der Waals surface area contributed by atoms with Gasteiger partial charge in [0.15, 0.2) is 5.78 Å². The number of ketones is 1. The Morgan fingerprint density at radius 2 is 1.86 bits per heavy atom. The number of nitrogens with one attached hydrogen (secondary N) is 1. The van der Waals surface area contributed by atoms with Crippen molar-refractivity contribution >= 4 is 15.8 Å². The lowest BCUT2D eigenvalue weighted by atomic mass is 10.0. The highest BCUT2D eigenvalue weighted by Gasteiger charge is 2.27. The fourth-order valence-corrected chi connectivity index (χ4v) is 3.10. The van der Waals surface area contributed by atoms with Crippen molar-refractivity contribution in [3.05, 3.63) is 66.1 Å². The van der Waals surface area contributed by atoms with Crippen molar-refractivity contribution in [2.75, 3.05) is 0 Å². The molecule has 0 bridgehead atoms. The smallest absolute Gasteiger partial charge is 0.241 e. The molecular formula is C16H17NO4S. The van der Waals surface area contributed by atoms with E-state index in [4.69, 9.17) is 4.42 Å². The number of Topliss-reactive ketones (excluding diaryl/α,β-unsaturated/α-hetero) is 1. The lowest BCUT2D eigenvalue weighted by Crippen LogP contribution is -2.31. The second-order valence-corrected chi connectivity index (χ2v) is 6.68. The Bertz CT molecular complexity index is 774. The van der Waals surface area contributed by atoms with E-state index in [-0.39, 0.29) is 16.3 Å². The summed E-state index contributed by atoms with van der Waals surface area (Å²) >= 11 is 0. The summed E-state index contributed by atoms with van der Waals surface area (Å²) in [5, 5.41) is 0. The molecule has 1 N–H and O–H groups in total. The predicted molar refractivity (Wildman–Crippen MR) is 82.8 cm³/mol. The van der Waals surface area contributed by atoms with E-state index in [2.05, 4.69) is 11.3 Å². The van der Waals surface area contributed by atoms with Crippen LogP contribution in [-0.2, 0) is 14.8 Å². The number of sulfonamides is 1. The van der Waals surface area contributed by atoms with Crippen LogP contribution in [0.4, 0.5) is 0 Å². The van der Waals surface area contributed by atoms with E-state index >= 15 is 0 Å². The maximum absolute atomic E-state index is 12.5. The summed E-state index contributed by atoms with van der Waals surface area (Å²) in [5.41, 5.74) is 1.07. The summed E-state index contributed by atoms with van der Waals surface area (Å²) in [6.45, 7) is 6.87. The first-order valence-corrected chi connectivity index (χ1v) is 8.11. The van der Waals surface area contributed by atoms with Crippen LogP contribution >= 0.6 is 0 Å². The topological polar surface area (TPSA) is 76.4 Å². The summed E-state index contributed by atoms with van der Waals surface area (Å²) in [7, 11) is -3.80. The van der Waals surface area contributed by atoms with Crippen LogP contribution in [0, 0.1) is 6.92 Å². The van der Waals surface area contributed by atoms with Gasteiger partial charge in [-0.05, 0) is 38.1 Å².